The maximum atomic E-state index is 13.9. The third kappa shape index (κ3) is 15.8. The zero-order valence-electron chi connectivity index (χ0n) is 41.3. The van der Waals surface area contributed by atoms with Crippen molar-refractivity contribution in [1.29, 1.82) is 15.8 Å². The zero-order valence-corrected chi connectivity index (χ0v) is 42.2. The molecule has 21 nitrogen and oxygen atoms in total. The average Bonchev–Trinajstić information content (AvgIpc) is 3.77. The van der Waals surface area contributed by atoms with E-state index >= 15 is 0 Å². The van der Waals surface area contributed by atoms with Crippen LogP contribution in [0.25, 0.3) is 0 Å². The fourth-order valence-electron chi connectivity index (χ4n) is 7.80. The normalized spacial score (nSPS) is 15.8. The third-order valence-electron chi connectivity index (χ3n) is 11.0. The summed E-state index contributed by atoms with van der Waals surface area (Å²) in [5.74, 6) is 1.57. The smallest absolute Gasteiger partial charge is 0.409 e. The molecule has 1 unspecified atom stereocenters. The van der Waals surface area contributed by atoms with E-state index in [-0.39, 0.29) is 83.1 Å². The number of ether oxygens (including phenoxy) is 6. The van der Waals surface area contributed by atoms with Gasteiger partial charge in [0, 0.05) is 37.8 Å². The Morgan fingerprint density at radius 1 is 0.792 bits per heavy atom. The molecule has 2 heterocycles. The number of alkyl carbamates (subject to hydrolysis) is 2. The number of rotatable bonds is 28. The highest BCUT2D eigenvalue weighted by molar-refractivity contribution is 7.44. The molecule has 384 valence electrons. The van der Waals surface area contributed by atoms with Gasteiger partial charge in [0.1, 0.15) is 48.5 Å². The number of aromatic nitrogens is 2. The molecule has 0 spiro atoms. The Bertz CT molecular complexity index is 2410. The van der Waals surface area contributed by atoms with Crippen LogP contribution in [-0.2, 0) is 33.6 Å². The fraction of sp³-hybridized carbons (Fsp3) is 0.460. The summed E-state index contributed by atoms with van der Waals surface area (Å²) in [7, 11) is 1.47. The second-order valence-electron chi connectivity index (χ2n) is 16.6. The van der Waals surface area contributed by atoms with Gasteiger partial charge in [0.2, 0.25) is 0 Å². The number of hydrogen-bond acceptors (Lipinski definition) is 18. The highest BCUT2D eigenvalue weighted by Gasteiger charge is 2.45. The minimum atomic E-state index is -1.75. The lowest BCUT2D eigenvalue weighted by Crippen LogP contribution is -2.57. The monoisotopic (exact) mass is 1010 g/mol. The number of amides is 2. The summed E-state index contributed by atoms with van der Waals surface area (Å²) in [6, 6.07) is 32.7. The van der Waals surface area contributed by atoms with E-state index in [0.717, 1.165) is 16.7 Å². The Balaban J connectivity index is 1.42. The number of anilines is 1. The van der Waals surface area contributed by atoms with Crippen LogP contribution in [0.4, 0.5) is 15.4 Å². The summed E-state index contributed by atoms with van der Waals surface area (Å²) in [6.07, 6.45) is -3.38. The van der Waals surface area contributed by atoms with Crippen LogP contribution in [-0.4, -0.2) is 111 Å². The van der Waals surface area contributed by atoms with Crippen molar-refractivity contribution in [3.63, 3.8) is 0 Å². The molecular formula is C50H63N10O11P. The number of hydrogen-bond donors (Lipinski definition) is 4. The standard InChI is InChI=1S/C50H63N10O11P/c1-35(2)60(36(3)4)72(69-32-12-26-53)71-42-33-45(59-29-23-44(56-47(59)61)54-27-28-55-46(57-48(62)66-30-10-24-51)58-49(63)67-31-11-25-52)70-43(42)34-68-50(37-13-8-7-9-14-37,38-15-19-40(64-5)20-16-38)39-17-21-41(65-6)22-18-39/h7-9,13-23,29,35-36,42-43,45-46,55H,10-12,27-28,30-34H2,1-6H3,(H,57,62)(H,58,63)(H,54,56,61)/t42-,43+,45+,72?/m0/s1. The maximum Gasteiger partial charge on any atom is 0.409 e. The number of nitrogens with one attached hydrogen (secondary N) is 4. The highest BCUT2D eigenvalue weighted by Crippen LogP contribution is 2.50. The molecule has 5 rings (SSSR count). The maximum absolute atomic E-state index is 13.9. The second-order valence-corrected chi connectivity index (χ2v) is 18.0. The van der Waals surface area contributed by atoms with Crippen molar-refractivity contribution < 1.29 is 47.1 Å². The molecule has 22 heteroatoms. The van der Waals surface area contributed by atoms with E-state index in [1.54, 1.807) is 26.5 Å². The number of nitriles is 3. The number of carbonyl (C=O) groups excluding carboxylic acids is 2. The third-order valence-corrected chi connectivity index (χ3v) is 13.2. The number of methoxy groups -OCH3 is 2. The van der Waals surface area contributed by atoms with Gasteiger partial charge in [0.05, 0.1) is 71.0 Å². The molecule has 1 saturated heterocycles. The molecule has 3 aromatic carbocycles. The van der Waals surface area contributed by atoms with Gasteiger partial charge in [-0.1, -0.05) is 54.6 Å². The molecule has 1 aliphatic heterocycles. The van der Waals surface area contributed by atoms with Gasteiger partial charge < -0.3 is 42.8 Å². The quantitative estimate of drug-likeness (QED) is 0.0198. The van der Waals surface area contributed by atoms with Crippen molar-refractivity contribution in [3.05, 3.63) is 118 Å². The lowest BCUT2D eigenvalue weighted by atomic mass is 9.80. The Labute approximate surface area is 421 Å². The molecule has 0 saturated carbocycles. The first kappa shape index (κ1) is 56.1. The van der Waals surface area contributed by atoms with Crippen LogP contribution in [0.2, 0.25) is 0 Å². The topological polar surface area (TPSA) is 266 Å². The molecule has 1 fully saturated rings. The molecule has 0 radical (unpaired) electrons. The van der Waals surface area contributed by atoms with Crippen molar-refractivity contribution in [1.82, 2.24) is 30.2 Å². The zero-order chi connectivity index (χ0) is 51.9. The molecule has 1 aliphatic rings. The summed E-state index contributed by atoms with van der Waals surface area (Å²) in [6.45, 7) is 8.30. The van der Waals surface area contributed by atoms with Crippen LogP contribution in [0.3, 0.4) is 0 Å². The predicted molar refractivity (Wildman–Crippen MR) is 265 cm³/mol. The first-order valence-corrected chi connectivity index (χ1v) is 24.6. The van der Waals surface area contributed by atoms with Crippen LogP contribution >= 0.6 is 8.53 Å². The van der Waals surface area contributed by atoms with E-state index in [9.17, 15) is 19.6 Å². The van der Waals surface area contributed by atoms with Gasteiger partial charge in [-0.25, -0.2) is 19.1 Å². The summed E-state index contributed by atoms with van der Waals surface area (Å²) >= 11 is 0. The van der Waals surface area contributed by atoms with Gasteiger partial charge in [-0.3, -0.25) is 20.5 Å². The van der Waals surface area contributed by atoms with E-state index in [4.69, 9.17) is 48.0 Å². The molecule has 72 heavy (non-hydrogen) atoms. The van der Waals surface area contributed by atoms with Crippen molar-refractivity contribution >= 4 is 26.5 Å². The van der Waals surface area contributed by atoms with E-state index in [2.05, 4.69) is 64.7 Å². The minimum Gasteiger partial charge on any atom is -0.497 e. The van der Waals surface area contributed by atoms with Crippen molar-refractivity contribution in [2.24, 2.45) is 0 Å². The van der Waals surface area contributed by atoms with Crippen LogP contribution in [0.5, 0.6) is 11.5 Å². The van der Waals surface area contributed by atoms with Crippen LogP contribution in [0.15, 0.2) is 95.9 Å². The van der Waals surface area contributed by atoms with Gasteiger partial charge in [-0.2, -0.15) is 20.8 Å². The minimum absolute atomic E-state index is 0.00989. The highest BCUT2D eigenvalue weighted by atomic mass is 31.2. The molecule has 0 aliphatic carbocycles. The molecule has 4 aromatic rings. The van der Waals surface area contributed by atoms with Crippen molar-refractivity contribution in [3.8, 4) is 29.7 Å². The molecular weight excluding hydrogens is 948 g/mol. The first-order valence-electron chi connectivity index (χ1n) is 23.4. The van der Waals surface area contributed by atoms with E-state index in [1.807, 2.05) is 91.0 Å². The lowest BCUT2D eigenvalue weighted by molar-refractivity contribution is -0.0925. The average molecular weight is 1010 g/mol. The van der Waals surface area contributed by atoms with E-state index in [1.165, 1.54) is 4.57 Å². The van der Waals surface area contributed by atoms with Crippen molar-refractivity contribution in [2.75, 3.05) is 59.1 Å². The summed E-state index contributed by atoms with van der Waals surface area (Å²) in [5.41, 5.74) is 0.645. The molecule has 0 bridgehead atoms. The van der Waals surface area contributed by atoms with Crippen LogP contribution < -0.4 is 36.4 Å². The molecule has 1 aromatic heterocycles. The molecule has 4 N–H and O–H groups in total. The lowest BCUT2D eigenvalue weighted by Gasteiger charge is -2.39. The van der Waals surface area contributed by atoms with Gasteiger partial charge in [0.25, 0.3) is 8.53 Å². The van der Waals surface area contributed by atoms with Gasteiger partial charge in [-0.15, -0.1) is 0 Å². The number of nitrogens with zero attached hydrogens (tertiary/aromatic N) is 6. The molecule has 4 atom stereocenters. The summed E-state index contributed by atoms with van der Waals surface area (Å²) < 4.78 is 51.9. The first-order chi connectivity index (χ1) is 34.9. The Kier molecular flexibility index (Phi) is 22.5. The number of benzene rings is 3. The van der Waals surface area contributed by atoms with Gasteiger partial charge in [-0.05, 0) is 74.7 Å². The largest absolute Gasteiger partial charge is 0.497 e. The van der Waals surface area contributed by atoms with Crippen LogP contribution in [0.1, 0.15) is 76.3 Å². The predicted octanol–water partition coefficient (Wildman–Crippen LogP) is 6.78. The second kappa shape index (κ2) is 28.9. The van der Waals surface area contributed by atoms with E-state index < -0.39 is 56.7 Å². The number of carbonyl (C=O) groups is 2. The van der Waals surface area contributed by atoms with Gasteiger partial charge >= 0.3 is 17.9 Å². The van der Waals surface area contributed by atoms with E-state index in [0.29, 0.717) is 11.5 Å². The SMILES string of the molecule is COc1ccc(C(OC[C@H]2O[C@@H](n3ccc(NCCNC(NC(=O)OCCC#N)NC(=O)OCCC#N)nc3=O)C[C@@H]2OP(OCCC#N)N(C(C)C)C(C)C)(c2ccccc2)c2ccc(OC)cc2)cc1. The molecule has 2 amide bonds. The Morgan fingerprint density at radius 3 is 1.85 bits per heavy atom. The van der Waals surface area contributed by atoms with Gasteiger partial charge in [0.15, 0.2) is 6.29 Å². The Hall–Kier alpha value is -6.86. The fourth-order valence-corrected chi connectivity index (χ4v) is 9.56. The summed E-state index contributed by atoms with van der Waals surface area (Å²) in [5, 5.41) is 37.8. The van der Waals surface area contributed by atoms with Crippen molar-refractivity contribution in [2.45, 2.75) is 95.8 Å². The van der Waals surface area contributed by atoms with Crippen LogP contribution in [0, 0.1) is 34.0 Å². The Morgan fingerprint density at radius 2 is 1.33 bits per heavy atom. The summed E-state index contributed by atoms with van der Waals surface area (Å²) in [4.78, 5) is 42.8.